The molecule has 1 rings (SSSR count). The summed E-state index contributed by atoms with van der Waals surface area (Å²) < 4.78 is 10.9. The fraction of sp³-hybridized carbons (Fsp3) is 0.500. The van der Waals surface area contributed by atoms with Gasteiger partial charge in [0.05, 0.1) is 6.61 Å². The summed E-state index contributed by atoms with van der Waals surface area (Å²) in [5.74, 6) is 5.42. The monoisotopic (exact) mass is 281 g/mol. The van der Waals surface area contributed by atoms with Gasteiger partial charge in [-0.1, -0.05) is 6.07 Å². The third-order valence-electron chi connectivity index (χ3n) is 2.79. The van der Waals surface area contributed by atoms with Gasteiger partial charge in [-0.15, -0.1) is 0 Å². The maximum atomic E-state index is 11.4. The first-order valence-corrected chi connectivity index (χ1v) is 6.67. The summed E-state index contributed by atoms with van der Waals surface area (Å²) in [7, 11) is 2.01. The normalized spacial score (nSPS) is 10.6. The smallest absolute Gasteiger partial charge is 0.265 e. The van der Waals surface area contributed by atoms with Crippen LogP contribution in [-0.4, -0.2) is 50.8 Å². The number of amides is 1. The Morgan fingerprint density at radius 2 is 2.10 bits per heavy atom. The van der Waals surface area contributed by atoms with Gasteiger partial charge in [-0.25, -0.2) is 5.84 Å². The average Bonchev–Trinajstić information content (AvgIpc) is 2.47. The molecule has 1 aromatic carbocycles. The molecule has 0 aliphatic carbocycles. The summed E-state index contributed by atoms with van der Waals surface area (Å²) >= 11 is 0. The fourth-order valence-electron chi connectivity index (χ4n) is 1.61. The van der Waals surface area contributed by atoms with Crippen LogP contribution in [0.4, 0.5) is 0 Å². The molecule has 0 heterocycles. The number of ether oxygens (including phenoxy) is 2. The third kappa shape index (κ3) is 6.01. The number of nitrogen functional groups attached to an aromatic ring is 1. The van der Waals surface area contributed by atoms with Crippen LogP contribution in [0.5, 0.6) is 5.75 Å². The zero-order valence-electron chi connectivity index (χ0n) is 12.1. The van der Waals surface area contributed by atoms with Crippen molar-refractivity contribution in [2.45, 2.75) is 6.92 Å². The van der Waals surface area contributed by atoms with E-state index in [0.717, 1.165) is 26.3 Å². The van der Waals surface area contributed by atoms with Crippen molar-refractivity contribution in [3.63, 3.8) is 0 Å². The van der Waals surface area contributed by atoms with E-state index in [1.807, 2.05) is 20.0 Å². The molecule has 0 fully saturated rings. The number of hydrogen-bond acceptors (Lipinski definition) is 5. The average molecular weight is 281 g/mol. The van der Waals surface area contributed by atoms with Crippen molar-refractivity contribution in [3.8, 4) is 5.75 Å². The molecule has 6 nitrogen and oxygen atoms in total. The van der Waals surface area contributed by atoms with Crippen LogP contribution in [0.25, 0.3) is 0 Å². The van der Waals surface area contributed by atoms with Gasteiger partial charge in [0, 0.05) is 25.3 Å². The highest BCUT2D eigenvalue weighted by Crippen LogP contribution is 2.13. The lowest BCUT2D eigenvalue weighted by molar-refractivity contribution is 0.0953. The summed E-state index contributed by atoms with van der Waals surface area (Å²) in [5, 5.41) is 0. The molecule has 0 atom stereocenters. The second-order valence-electron chi connectivity index (χ2n) is 4.35. The van der Waals surface area contributed by atoms with Crippen molar-refractivity contribution in [2.75, 3.05) is 40.0 Å². The summed E-state index contributed by atoms with van der Waals surface area (Å²) in [6, 6.07) is 6.93. The van der Waals surface area contributed by atoms with Gasteiger partial charge in [-0.05, 0) is 32.2 Å². The fourth-order valence-corrected chi connectivity index (χ4v) is 1.61. The summed E-state index contributed by atoms with van der Waals surface area (Å²) in [4.78, 5) is 13.5. The largest absolute Gasteiger partial charge is 0.492 e. The van der Waals surface area contributed by atoms with Gasteiger partial charge in [0.2, 0.25) is 0 Å². The van der Waals surface area contributed by atoms with E-state index in [4.69, 9.17) is 15.3 Å². The number of nitrogens with one attached hydrogen (secondary N) is 1. The minimum Gasteiger partial charge on any atom is -0.492 e. The van der Waals surface area contributed by atoms with Crippen LogP contribution in [0.15, 0.2) is 24.3 Å². The second-order valence-corrected chi connectivity index (χ2v) is 4.35. The molecule has 0 aromatic heterocycles. The van der Waals surface area contributed by atoms with Gasteiger partial charge in [0.1, 0.15) is 12.4 Å². The van der Waals surface area contributed by atoms with Gasteiger partial charge < -0.3 is 14.4 Å². The zero-order chi connectivity index (χ0) is 14.8. The van der Waals surface area contributed by atoms with E-state index in [1.54, 1.807) is 18.2 Å². The topological polar surface area (TPSA) is 76.8 Å². The molecule has 0 spiro atoms. The molecule has 0 unspecified atom stereocenters. The molecule has 0 aliphatic rings. The molecule has 0 saturated heterocycles. The zero-order valence-corrected chi connectivity index (χ0v) is 12.1. The summed E-state index contributed by atoms with van der Waals surface area (Å²) in [6.45, 7) is 5.65. The quantitative estimate of drug-likeness (QED) is 0.301. The van der Waals surface area contributed by atoms with E-state index in [9.17, 15) is 4.79 Å². The van der Waals surface area contributed by atoms with E-state index in [2.05, 4.69) is 10.3 Å². The summed E-state index contributed by atoms with van der Waals surface area (Å²) in [6.07, 6.45) is 0. The molecule has 112 valence electrons. The number of rotatable bonds is 9. The van der Waals surface area contributed by atoms with Crippen molar-refractivity contribution in [3.05, 3.63) is 29.8 Å². The van der Waals surface area contributed by atoms with Crippen molar-refractivity contribution < 1.29 is 14.3 Å². The first-order chi connectivity index (χ1) is 9.67. The molecule has 0 radical (unpaired) electrons. The van der Waals surface area contributed by atoms with Crippen molar-refractivity contribution >= 4 is 5.91 Å². The Kier molecular flexibility index (Phi) is 7.64. The lowest BCUT2D eigenvalue weighted by Crippen LogP contribution is -2.30. The minimum atomic E-state index is -0.329. The van der Waals surface area contributed by atoms with Crippen molar-refractivity contribution in [2.24, 2.45) is 5.84 Å². The minimum absolute atomic E-state index is 0.329. The van der Waals surface area contributed by atoms with Crippen LogP contribution in [0.1, 0.15) is 17.3 Å². The van der Waals surface area contributed by atoms with Crippen LogP contribution in [0.3, 0.4) is 0 Å². The van der Waals surface area contributed by atoms with Crippen LogP contribution >= 0.6 is 0 Å². The highest BCUT2D eigenvalue weighted by molar-refractivity contribution is 5.94. The first kappa shape index (κ1) is 16.4. The van der Waals surface area contributed by atoms with Crippen molar-refractivity contribution in [1.29, 1.82) is 0 Å². The third-order valence-corrected chi connectivity index (χ3v) is 2.79. The first-order valence-electron chi connectivity index (χ1n) is 6.67. The molecule has 1 aromatic rings. The van der Waals surface area contributed by atoms with Crippen molar-refractivity contribution in [1.82, 2.24) is 10.3 Å². The number of nitrogens with zero attached hydrogens (tertiary/aromatic N) is 1. The van der Waals surface area contributed by atoms with Gasteiger partial charge in [-0.2, -0.15) is 0 Å². The van der Waals surface area contributed by atoms with Crippen LogP contribution < -0.4 is 16.0 Å². The van der Waals surface area contributed by atoms with Gasteiger partial charge in [-0.3, -0.25) is 10.2 Å². The maximum absolute atomic E-state index is 11.4. The SMILES string of the molecule is CCOCCN(C)CCOc1cccc(C(=O)NN)c1. The second kappa shape index (κ2) is 9.30. The highest BCUT2D eigenvalue weighted by Gasteiger charge is 2.05. The van der Waals surface area contributed by atoms with E-state index in [1.165, 1.54) is 0 Å². The van der Waals surface area contributed by atoms with E-state index < -0.39 is 0 Å². The van der Waals surface area contributed by atoms with Gasteiger partial charge in [0.25, 0.3) is 5.91 Å². The van der Waals surface area contributed by atoms with Gasteiger partial charge >= 0.3 is 0 Å². The highest BCUT2D eigenvalue weighted by atomic mass is 16.5. The Balaban J connectivity index is 2.33. The Morgan fingerprint density at radius 1 is 1.35 bits per heavy atom. The Morgan fingerprint density at radius 3 is 2.80 bits per heavy atom. The molecular formula is C14H23N3O3. The molecule has 0 bridgehead atoms. The van der Waals surface area contributed by atoms with E-state index in [0.29, 0.717) is 17.9 Å². The molecule has 1 amide bonds. The number of carbonyl (C=O) groups excluding carboxylic acids is 1. The lowest BCUT2D eigenvalue weighted by Gasteiger charge is -2.16. The number of nitrogens with two attached hydrogens (primary N) is 1. The molecule has 20 heavy (non-hydrogen) atoms. The molecule has 0 aliphatic heterocycles. The molecule has 3 N–H and O–H groups in total. The standard InChI is InChI=1S/C14H23N3O3/c1-3-19-9-7-17(2)8-10-20-13-6-4-5-12(11-13)14(18)16-15/h4-6,11H,3,7-10,15H2,1-2H3,(H,16,18). The molecular weight excluding hydrogens is 258 g/mol. The Hall–Kier alpha value is -1.63. The molecule has 6 heteroatoms. The summed E-state index contributed by atoms with van der Waals surface area (Å²) in [5.41, 5.74) is 2.58. The van der Waals surface area contributed by atoms with Gasteiger partial charge in [0.15, 0.2) is 0 Å². The number of likely N-dealkylation sites (N-methyl/N-ethyl adjacent to an activating group) is 1. The maximum Gasteiger partial charge on any atom is 0.265 e. The van der Waals surface area contributed by atoms with Crippen LogP contribution in [0, 0.1) is 0 Å². The number of carbonyl (C=O) groups is 1. The van der Waals surface area contributed by atoms with E-state index >= 15 is 0 Å². The number of hydrazine groups is 1. The van der Waals surface area contributed by atoms with E-state index in [-0.39, 0.29) is 5.91 Å². The number of hydrogen-bond donors (Lipinski definition) is 2. The Labute approximate surface area is 119 Å². The lowest BCUT2D eigenvalue weighted by atomic mass is 10.2. The predicted molar refractivity (Wildman–Crippen MR) is 77.6 cm³/mol. The van der Waals surface area contributed by atoms with Crippen LogP contribution in [0.2, 0.25) is 0 Å². The predicted octanol–water partition coefficient (Wildman–Crippen LogP) is 0.637. The number of benzene rings is 1. The van der Waals surface area contributed by atoms with Crippen LogP contribution in [-0.2, 0) is 4.74 Å². The Bertz CT molecular complexity index is 412. The molecule has 0 saturated carbocycles.